The van der Waals surface area contributed by atoms with Crippen LogP contribution in [0.1, 0.15) is 12.1 Å². The van der Waals surface area contributed by atoms with Gasteiger partial charge in [-0.15, -0.1) is 0 Å². The summed E-state index contributed by atoms with van der Waals surface area (Å²) in [5, 5.41) is 9.66. The highest BCUT2D eigenvalue weighted by molar-refractivity contribution is 7.90. The molecule has 0 N–H and O–H groups in total. The fourth-order valence-electron chi connectivity index (χ4n) is 2.53. The van der Waals surface area contributed by atoms with Crippen LogP contribution in [0.4, 0.5) is 0 Å². The first-order valence-electron chi connectivity index (χ1n) is 6.91. The maximum Gasteiger partial charge on any atom is 0.268 e. The van der Waals surface area contributed by atoms with E-state index in [1.165, 1.54) is 3.97 Å². The molecule has 0 unspecified atom stereocenters. The molecule has 5 heteroatoms. The van der Waals surface area contributed by atoms with E-state index in [2.05, 4.69) is 6.07 Å². The fraction of sp³-hybridized carbons (Fsp3) is 0.118. The molecule has 0 radical (unpaired) electrons. The zero-order valence-corrected chi connectivity index (χ0v) is 12.6. The van der Waals surface area contributed by atoms with Crippen molar-refractivity contribution in [2.75, 3.05) is 0 Å². The summed E-state index contributed by atoms with van der Waals surface area (Å²) in [6.07, 6.45) is 0.678. The van der Waals surface area contributed by atoms with Crippen molar-refractivity contribution in [2.45, 2.75) is 17.7 Å². The Hall–Kier alpha value is -2.58. The fourth-order valence-corrected chi connectivity index (χ4v) is 4.12. The van der Waals surface area contributed by atoms with E-state index in [9.17, 15) is 8.42 Å². The van der Waals surface area contributed by atoms with Gasteiger partial charge in [-0.2, -0.15) is 5.26 Å². The lowest BCUT2D eigenvalue weighted by Crippen LogP contribution is -2.15. The summed E-state index contributed by atoms with van der Waals surface area (Å²) < 4.78 is 27.3. The van der Waals surface area contributed by atoms with E-state index in [-0.39, 0.29) is 11.3 Å². The van der Waals surface area contributed by atoms with E-state index in [4.69, 9.17) is 5.26 Å². The van der Waals surface area contributed by atoms with Crippen molar-refractivity contribution >= 4 is 20.9 Å². The van der Waals surface area contributed by atoms with E-state index in [0.717, 1.165) is 5.39 Å². The maximum absolute atomic E-state index is 13.0. The Morgan fingerprint density at radius 3 is 2.41 bits per heavy atom. The molecule has 4 nitrogen and oxygen atoms in total. The number of aromatic nitrogens is 1. The number of rotatable bonds is 4. The predicted molar refractivity (Wildman–Crippen MR) is 84.9 cm³/mol. The minimum absolute atomic E-state index is 0.245. The summed E-state index contributed by atoms with van der Waals surface area (Å²) in [7, 11) is -3.68. The largest absolute Gasteiger partial charge is 0.268 e. The highest BCUT2D eigenvalue weighted by Crippen LogP contribution is 2.26. The molecule has 0 bridgehead atoms. The smallest absolute Gasteiger partial charge is 0.238 e. The Balaban J connectivity index is 2.27. The summed E-state index contributed by atoms with van der Waals surface area (Å²) in [6.45, 7) is 0. The third-order valence-corrected chi connectivity index (χ3v) is 5.29. The molecule has 0 aliphatic carbocycles. The Morgan fingerprint density at radius 2 is 1.68 bits per heavy atom. The molecule has 3 aromatic rings. The van der Waals surface area contributed by atoms with Gasteiger partial charge in [-0.3, -0.25) is 0 Å². The lowest BCUT2D eigenvalue weighted by Gasteiger charge is -2.11. The van der Waals surface area contributed by atoms with Crippen molar-refractivity contribution in [3.05, 3.63) is 66.4 Å². The molecule has 0 spiro atoms. The molecule has 1 aromatic heterocycles. The van der Waals surface area contributed by atoms with Gasteiger partial charge in [0.2, 0.25) is 0 Å². The van der Waals surface area contributed by atoms with Crippen molar-refractivity contribution in [2.24, 2.45) is 0 Å². The van der Waals surface area contributed by atoms with Crippen LogP contribution in [0.15, 0.2) is 65.6 Å². The predicted octanol–water partition coefficient (Wildman–Crippen LogP) is 3.33. The van der Waals surface area contributed by atoms with Crippen molar-refractivity contribution in [1.82, 2.24) is 3.97 Å². The quantitative estimate of drug-likeness (QED) is 0.742. The van der Waals surface area contributed by atoms with Gasteiger partial charge in [0.25, 0.3) is 10.0 Å². The van der Waals surface area contributed by atoms with Gasteiger partial charge < -0.3 is 0 Å². The van der Waals surface area contributed by atoms with Crippen molar-refractivity contribution in [3.8, 4) is 6.07 Å². The van der Waals surface area contributed by atoms with E-state index in [0.29, 0.717) is 17.6 Å². The summed E-state index contributed by atoms with van der Waals surface area (Å²) in [5.74, 6) is 0. The summed E-state index contributed by atoms with van der Waals surface area (Å²) in [4.78, 5) is 0.245. The Labute approximate surface area is 129 Å². The van der Waals surface area contributed by atoms with Crippen molar-refractivity contribution < 1.29 is 8.42 Å². The molecule has 0 amide bonds. The van der Waals surface area contributed by atoms with Gasteiger partial charge in [0, 0.05) is 23.9 Å². The number of para-hydroxylation sites is 1. The molecule has 2 aromatic carbocycles. The second-order valence-corrected chi connectivity index (χ2v) is 6.72. The Kier molecular flexibility index (Phi) is 3.70. The van der Waals surface area contributed by atoms with Gasteiger partial charge >= 0.3 is 0 Å². The topological polar surface area (TPSA) is 62.9 Å². The molecule has 1 heterocycles. The third kappa shape index (κ3) is 2.38. The number of hydrogen-bond donors (Lipinski definition) is 0. The SMILES string of the molecule is N#CCCc1cc2ccccc2n1S(=O)(=O)c1ccccc1. The van der Waals surface area contributed by atoms with Crippen molar-refractivity contribution in [3.63, 3.8) is 0 Å². The molecule has 22 heavy (non-hydrogen) atoms. The minimum Gasteiger partial charge on any atom is -0.238 e. The molecule has 0 aliphatic heterocycles. The second kappa shape index (κ2) is 5.66. The number of nitriles is 1. The molecule has 3 rings (SSSR count). The maximum atomic E-state index is 13.0. The summed E-state index contributed by atoms with van der Waals surface area (Å²) >= 11 is 0. The third-order valence-electron chi connectivity index (χ3n) is 3.51. The van der Waals surface area contributed by atoms with E-state index in [1.807, 2.05) is 24.3 Å². The van der Waals surface area contributed by atoms with Crippen LogP contribution < -0.4 is 0 Å². The molecular weight excluding hydrogens is 296 g/mol. The number of benzene rings is 2. The second-order valence-electron chi connectivity index (χ2n) is 4.94. The van der Waals surface area contributed by atoms with Crippen LogP contribution in [-0.4, -0.2) is 12.4 Å². The minimum atomic E-state index is -3.68. The lowest BCUT2D eigenvalue weighted by atomic mass is 10.2. The summed E-state index contributed by atoms with van der Waals surface area (Å²) in [5.41, 5.74) is 1.27. The molecular formula is C17H14N2O2S. The van der Waals surface area contributed by atoms with Crippen LogP contribution in [-0.2, 0) is 16.4 Å². The Bertz CT molecular complexity index is 951. The number of hydrogen-bond acceptors (Lipinski definition) is 3. The van der Waals surface area contributed by atoms with Crippen LogP contribution in [0, 0.1) is 11.3 Å². The highest BCUT2D eigenvalue weighted by Gasteiger charge is 2.22. The van der Waals surface area contributed by atoms with Gasteiger partial charge in [0.1, 0.15) is 0 Å². The average Bonchev–Trinajstić information content (AvgIpc) is 2.92. The number of fused-ring (bicyclic) bond motifs is 1. The zero-order valence-electron chi connectivity index (χ0n) is 11.8. The van der Waals surface area contributed by atoms with Crippen LogP contribution in [0.25, 0.3) is 10.9 Å². The molecule has 110 valence electrons. The molecule has 0 saturated carbocycles. The molecule has 0 fully saturated rings. The van der Waals surface area contributed by atoms with Crippen LogP contribution in [0.2, 0.25) is 0 Å². The first kappa shape index (κ1) is 14.4. The lowest BCUT2D eigenvalue weighted by molar-refractivity contribution is 0.587. The monoisotopic (exact) mass is 310 g/mol. The van der Waals surface area contributed by atoms with Crippen LogP contribution >= 0.6 is 0 Å². The van der Waals surface area contributed by atoms with E-state index in [1.54, 1.807) is 36.4 Å². The first-order valence-corrected chi connectivity index (χ1v) is 8.35. The van der Waals surface area contributed by atoms with Gasteiger partial charge in [0.15, 0.2) is 0 Å². The molecule has 0 atom stereocenters. The molecule has 0 saturated heterocycles. The highest BCUT2D eigenvalue weighted by atomic mass is 32.2. The van der Waals surface area contributed by atoms with Crippen LogP contribution in [0.5, 0.6) is 0 Å². The van der Waals surface area contributed by atoms with Crippen LogP contribution in [0.3, 0.4) is 0 Å². The first-order chi connectivity index (χ1) is 10.6. The van der Waals surface area contributed by atoms with Gasteiger partial charge in [0.05, 0.1) is 16.5 Å². The number of nitrogens with zero attached hydrogens (tertiary/aromatic N) is 2. The summed E-state index contributed by atoms with van der Waals surface area (Å²) in [6, 6.07) is 19.6. The number of aryl methyl sites for hydroxylation is 1. The molecule has 0 aliphatic rings. The standard InChI is InChI=1S/C17H14N2O2S/c18-12-6-8-15-13-14-7-4-5-11-17(14)19(15)22(20,21)16-9-2-1-3-10-16/h1-5,7,9-11,13H,6,8H2. The van der Waals surface area contributed by atoms with E-state index < -0.39 is 10.0 Å². The normalized spacial score (nSPS) is 11.4. The average molecular weight is 310 g/mol. The Morgan fingerprint density at radius 1 is 1.00 bits per heavy atom. The van der Waals surface area contributed by atoms with E-state index >= 15 is 0 Å². The van der Waals surface area contributed by atoms with Gasteiger partial charge in [-0.05, 0) is 24.3 Å². The zero-order chi connectivity index (χ0) is 15.6. The van der Waals surface area contributed by atoms with Gasteiger partial charge in [-0.25, -0.2) is 12.4 Å². The van der Waals surface area contributed by atoms with Gasteiger partial charge in [-0.1, -0.05) is 36.4 Å². The van der Waals surface area contributed by atoms with Crippen molar-refractivity contribution in [1.29, 1.82) is 5.26 Å².